The van der Waals surface area contributed by atoms with E-state index in [0.717, 1.165) is 17.8 Å². The Hall–Kier alpha value is -2.89. The zero-order valence-electron chi connectivity index (χ0n) is 13.2. The van der Waals surface area contributed by atoms with Crippen molar-refractivity contribution in [1.29, 1.82) is 0 Å². The van der Waals surface area contributed by atoms with Gasteiger partial charge in [-0.05, 0) is 24.1 Å². The smallest absolute Gasteiger partial charge is 0.269 e. The number of rotatable bonds is 5. The van der Waals surface area contributed by atoms with E-state index in [1.807, 2.05) is 29.8 Å². The van der Waals surface area contributed by atoms with Crippen molar-refractivity contribution in [2.24, 2.45) is 7.05 Å². The van der Waals surface area contributed by atoms with Gasteiger partial charge in [-0.1, -0.05) is 24.3 Å². The van der Waals surface area contributed by atoms with Crippen molar-refractivity contribution in [2.75, 3.05) is 0 Å². The van der Waals surface area contributed by atoms with Crippen molar-refractivity contribution in [3.05, 3.63) is 71.6 Å². The van der Waals surface area contributed by atoms with Gasteiger partial charge in [0.25, 0.3) is 5.91 Å². The van der Waals surface area contributed by atoms with E-state index in [9.17, 15) is 4.79 Å². The summed E-state index contributed by atoms with van der Waals surface area (Å²) in [5, 5.41) is 7.13. The molecule has 2 aromatic heterocycles. The second-order valence-corrected chi connectivity index (χ2v) is 5.53. The fraction of sp³-hybridized carbons (Fsp3) is 0.235. The summed E-state index contributed by atoms with van der Waals surface area (Å²) in [6.45, 7) is 3.12. The number of hydrogen-bond acceptors (Lipinski definition) is 3. The second-order valence-electron chi connectivity index (χ2n) is 5.53. The lowest BCUT2D eigenvalue weighted by atomic mass is 10.1. The van der Waals surface area contributed by atoms with Gasteiger partial charge in [-0.25, -0.2) is 4.98 Å². The Bertz CT molecular complexity index is 804. The van der Waals surface area contributed by atoms with Gasteiger partial charge in [0.15, 0.2) is 0 Å². The van der Waals surface area contributed by atoms with Crippen molar-refractivity contribution in [3.63, 3.8) is 0 Å². The fourth-order valence-corrected chi connectivity index (χ4v) is 2.53. The summed E-state index contributed by atoms with van der Waals surface area (Å²) in [6.07, 6.45) is 5.48. The monoisotopic (exact) mass is 309 g/mol. The van der Waals surface area contributed by atoms with Crippen LogP contribution in [0, 0.1) is 6.92 Å². The molecule has 1 aromatic carbocycles. The Kier molecular flexibility index (Phi) is 4.23. The van der Waals surface area contributed by atoms with Crippen molar-refractivity contribution in [2.45, 2.75) is 20.0 Å². The third kappa shape index (κ3) is 3.66. The molecule has 1 amide bonds. The lowest BCUT2D eigenvalue weighted by molar-refractivity contribution is 0.0941. The number of aromatic nitrogens is 4. The molecule has 0 spiro atoms. The molecule has 0 aliphatic rings. The summed E-state index contributed by atoms with van der Waals surface area (Å²) in [5.74, 6) is -0.117. The number of nitrogens with one attached hydrogen (secondary N) is 1. The van der Waals surface area contributed by atoms with Gasteiger partial charge < -0.3 is 9.88 Å². The standard InChI is InChI=1S/C17H19N5O/c1-13-8-16(21(2)20-13)17(23)19-10-14-4-3-5-15(9-14)11-22-7-6-18-12-22/h3-9,12H,10-11H2,1-2H3,(H,19,23). The average Bonchev–Trinajstić information content (AvgIpc) is 3.14. The van der Waals surface area contributed by atoms with E-state index >= 15 is 0 Å². The van der Waals surface area contributed by atoms with Crippen LogP contribution in [0.2, 0.25) is 0 Å². The molecule has 0 unspecified atom stereocenters. The molecule has 6 nitrogen and oxygen atoms in total. The topological polar surface area (TPSA) is 64.7 Å². The van der Waals surface area contributed by atoms with E-state index in [1.54, 1.807) is 30.3 Å². The number of carbonyl (C=O) groups excluding carboxylic acids is 1. The van der Waals surface area contributed by atoms with Gasteiger partial charge >= 0.3 is 0 Å². The third-order valence-electron chi connectivity index (χ3n) is 3.60. The van der Waals surface area contributed by atoms with Gasteiger partial charge in [-0.15, -0.1) is 0 Å². The number of hydrogen-bond donors (Lipinski definition) is 1. The van der Waals surface area contributed by atoms with E-state index < -0.39 is 0 Å². The minimum absolute atomic E-state index is 0.117. The van der Waals surface area contributed by atoms with Crippen LogP contribution < -0.4 is 5.32 Å². The van der Waals surface area contributed by atoms with E-state index in [2.05, 4.69) is 27.5 Å². The van der Waals surface area contributed by atoms with E-state index in [1.165, 1.54) is 5.56 Å². The molecular formula is C17H19N5O. The van der Waals surface area contributed by atoms with Crippen LogP contribution in [-0.2, 0) is 20.1 Å². The maximum absolute atomic E-state index is 12.2. The first-order chi connectivity index (χ1) is 11.1. The molecule has 2 heterocycles. The van der Waals surface area contributed by atoms with Crippen LogP contribution in [0.4, 0.5) is 0 Å². The lowest BCUT2D eigenvalue weighted by Gasteiger charge is -2.08. The minimum Gasteiger partial charge on any atom is -0.347 e. The van der Waals surface area contributed by atoms with E-state index in [4.69, 9.17) is 0 Å². The third-order valence-corrected chi connectivity index (χ3v) is 3.60. The van der Waals surface area contributed by atoms with Gasteiger partial charge in [0.1, 0.15) is 5.69 Å². The van der Waals surface area contributed by atoms with Crippen LogP contribution in [0.1, 0.15) is 27.3 Å². The summed E-state index contributed by atoms with van der Waals surface area (Å²) in [4.78, 5) is 16.3. The van der Waals surface area contributed by atoms with Gasteiger partial charge in [0.05, 0.1) is 12.0 Å². The molecule has 0 saturated carbocycles. The van der Waals surface area contributed by atoms with Crippen LogP contribution in [0.5, 0.6) is 0 Å². The van der Waals surface area contributed by atoms with Crippen LogP contribution in [-0.4, -0.2) is 25.2 Å². The van der Waals surface area contributed by atoms with E-state index in [-0.39, 0.29) is 5.91 Å². The Morgan fingerprint density at radius 3 is 2.78 bits per heavy atom. The molecule has 1 N–H and O–H groups in total. The summed E-state index contributed by atoms with van der Waals surface area (Å²) < 4.78 is 3.61. The Balaban J connectivity index is 1.64. The molecule has 6 heteroatoms. The molecule has 0 aliphatic heterocycles. The number of imidazole rings is 1. The van der Waals surface area contributed by atoms with Crippen molar-refractivity contribution in [3.8, 4) is 0 Å². The first kappa shape index (κ1) is 15.0. The molecule has 23 heavy (non-hydrogen) atoms. The Labute approximate surface area is 134 Å². The minimum atomic E-state index is -0.117. The molecule has 0 radical (unpaired) electrons. The van der Waals surface area contributed by atoms with Crippen LogP contribution in [0.25, 0.3) is 0 Å². The number of carbonyl (C=O) groups is 1. The quantitative estimate of drug-likeness (QED) is 0.783. The zero-order valence-corrected chi connectivity index (χ0v) is 13.2. The van der Waals surface area contributed by atoms with Gasteiger partial charge in [-0.3, -0.25) is 9.48 Å². The van der Waals surface area contributed by atoms with Crippen molar-refractivity contribution < 1.29 is 4.79 Å². The van der Waals surface area contributed by atoms with Crippen LogP contribution >= 0.6 is 0 Å². The highest BCUT2D eigenvalue weighted by Crippen LogP contribution is 2.08. The molecule has 0 fully saturated rings. The maximum Gasteiger partial charge on any atom is 0.269 e. The number of amides is 1. The Morgan fingerprint density at radius 2 is 2.09 bits per heavy atom. The summed E-state index contributed by atoms with van der Waals surface area (Å²) in [5.41, 5.74) is 3.64. The molecule has 3 rings (SSSR count). The first-order valence-electron chi connectivity index (χ1n) is 7.44. The number of nitrogens with zero attached hydrogens (tertiary/aromatic N) is 4. The van der Waals surface area contributed by atoms with Crippen molar-refractivity contribution >= 4 is 5.91 Å². The van der Waals surface area contributed by atoms with Gasteiger partial charge in [-0.2, -0.15) is 5.10 Å². The second kappa shape index (κ2) is 6.48. The molecule has 0 saturated heterocycles. The fourth-order valence-electron chi connectivity index (χ4n) is 2.53. The number of aryl methyl sites for hydroxylation is 2. The highest BCUT2D eigenvalue weighted by molar-refractivity contribution is 5.92. The predicted octanol–water partition coefficient (Wildman–Crippen LogP) is 1.90. The van der Waals surface area contributed by atoms with E-state index in [0.29, 0.717) is 12.2 Å². The summed E-state index contributed by atoms with van der Waals surface area (Å²) >= 11 is 0. The van der Waals surface area contributed by atoms with Gasteiger partial charge in [0, 0.05) is 32.5 Å². The van der Waals surface area contributed by atoms with Crippen LogP contribution in [0.3, 0.4) is 0 Å². The van der Waals surface area contributed by atoms with Crippen LogP contribution in [0.15, 0.2) is 49.1 Å². The van der Waals surface area contributed by atoms with Crippen molar-refractivity contribution in [1.82, 2.24) is 24.6 Å². The first-order valence-corrected chi connectivity index (χ1v) is 7.44. The molecular weight excluding hydrogens is 290 g/mol. The lowest BCUT2D eigenvalue weighted by Crippen LogP contribution is -2.25. The highest BCUT2D eigenvalue weighted by atomic mass is 16.2. The SMILES string of the molecule is Cc1cc(C(=O)NCc2cccc(Cn3ccnc3)c2)n(C)n1. The molecule has 0 bridgehead atoms. The number of benzene rings is 1. The molecule has 0 aliphatic carbocycles. The van der Waals surface area contributed by atoms with Gasteiger partial charge in [0.2, 0.25) is 0 Å². The summed E-state index contributed by atoms with van der Waals surface area (Å²) in [7, 11) is 1.77. The molecule has 118 valence electrons. The molecule has 0 atom stereocenters. The zero-order chi connectivity index (χ0) is 16.2. The maximum atomic E-state index is 12.2. The molecule has 3 aromatic rings. The predicted molar refractivity (Wildman–Crippen MR) is 86.9 cm³/mol. The average molecular weight is 309 g/mol. The summed E-state index contributed by atoms with van der Waals surface area (Å²) in [6, 6.07) is 9.95. The Morgan fingerprint density at radius 1 is 1.26 bits per heavy atom. The largest absolute Gasteiger partial charge is 0.347 e. The normalized spacial score (nSPS) is 10.7. The highest BCUT2D eigenvalue weighted by Gasteiger charge is 2.11.